The molecule has 2 atom stereocenters. The van der Waals surface area contributed by atoms with Crippen LogP contribution in [-0.2, 0) is 14.3 Å². The number of fused-ring (bicyclic) bond motifs is 2. The molecule has 7 nitrogen and oxygen atoms in total. The van der Waals surface area contributed by atoms with Crippen LogP contribution in [0.4, 0.5) is 4.39 Å². The van der Waals surface area contributed by atoms with E-state index in [1.807, 2.05) is 18.3 Å². The lowest BCUT2D eigenvalue weighted by Gasteiger charge is -2.35. The van der Waals surface area contributed by atoms with E-state index in [0.29, 0.717) is 32.7 Å². The average molecular weight is 478 g/mol. The van der Waals surface area contributed by atoms with Crippen molar-refractivity contribution in [2.45, 2.75) is 50.0 Å². The SMILES string of the molecule is C[C@]1(C(=O)O)CC[C@H](c2c(C3CCOCC3)n(-c3ccc(F)cc3)c3cc4cn[nH]c4cc23)CO1. The summed E-state index contributed by atoms with van der Waals surface area (Å²) in [7, 11) is 0. The van der Waals surface area contributed by atoms with E-state index < -0.39 is 11.6 Å². The van der Waals surface area contributed by atoms with Gasteiger partial charge in [0.15, 0.2) is 5.60 Å². The zero-order chi connectivity index (χ0) is 24.2. The van der Waals surface area contributed by atoms with Crippen LogP contribution in [0.15, 0.2) is 42.6 Å². The van der Waals surface area contributed by atoms with Crippen LogP contribution < -0.4 is 0 Å². The van der Waals surface area contributed by atoms with Crippen molar-refractivity contribution in [1.29, 1.82) is 0 Å². The molecule has 4 heterocycles. The van der Waals surface area contributed by atoms with Crippen LogP contribution in [-0.4, -0.2) is 51.3 Å². The number of carboxylic acids is 1. The number of ether oxygens (including phenoxy) is 2. The summed E-state index contributed by atoms with van der Waals surface area (Å²) in [5, 5.41) is 19.1. The summed E-state index contributed by atoms with van der Waals surface area (Å²) in [5.74, 6) is -0.886. The molecule has 0 spiro atoms. The van der Waals surface area contributed by atoms with Gasteiger partial charge in [0.1, 0.15) is 5.82 Å². The van der Waals surface area contributed by atoms with Gasteiger partial charge in [0.05, 0.1) is 23.8 Å². The molecular formula is C27H28FN3O4. The van der Waals surface area contributed by atoms with Gasteiger partial charge in [0, 0.05) is 47.2 Å². The maximum absolute atomic E-state index is 13.9. The molecule has 35 heavy (non-hydrogen) atoms. The number of nitrogens with one attached hydrogen (secondary N) is 1. The van der Waals surface area contributed by atoms with E-state index in [9.17, 15) is 14.3 Å². The van der Waals surface area contributed by atoms with Gasteiger partial charge < -0.3 is 19.1 Å². The maximum Gasteiger partial charge on any atom is 0.335 e. The summed E-state index contributed by atoms with van der Waals surface area (Å²) in [6, 6.07) is 10.9. The van der Waals surface area contributed by atoms with Gasteiger partial charge in [0.25, 0.3) is 0 Å². The highest BCUT2D eigenvalue weighted by Gasteiger charge is 2.41. The highest BCUT2D eigenvalue weighted by atomic mass is 19.1. The Hall–Kier alpha value is -3.23. The van der Waals surface area contributed by atoms with E-state index in [2.05, 4.69) is 26.9 Å². The average Bonchev–Trinajstić information content (AvgIpc) is 3.46. The zero-order valence-electron chi connectivity index (χ0n) is 19.6. The monoisotopic (exact) mass is 477 g/mol. The van der Waals surface area contributed by atoms with Gasteiger partial charge in [-0.15, -0.1) is 0 Å². The number of aromatic amines is 1. The normalized spacial score (nSPS) is 23.8. The quantitative estimate of drug-likeness (QED) is 0.418. The number of benzene rings is 2. The van der Waals surface area contributed by atoms with Crippen molar-refractivity contribution < 1.29 is 23.8 Å². The molecule has 8 heteroatoms. The Morgan fingerprint density at radius 2 is 1.94 bits per heavy atom. The zero-order valence-corrected chi connectivity index (χ0v) is 19.6. The smallest absolute Gasteiger partial charge is 0.335 e. The Morgan fingerprint density at radius 1 is 1.17 bits per heavy atom. The van der Waals surface area contributed by atoms with E-state index in [0.717, 1.165) is 40.3 Å². The van der Waals surface area contributed by atoms with E-state index in [1.54, 1.807) is 6.92 Å². The predicted octanol–water partition coefficient (Wildman–Crippen LogP) is 5.28. The number of rotatable bonds is 4. The number of carbonyl (C=O) groups is 1. The minimum Gasteiger partial charge on any atom is -0.479 e. The molecule has 4 aromatic rings. The Kier molecular flexibility index (Phi) is 5.38. The molecule has 0 bridgehead atoms. The number of hydrogen-bond acceptors (Lipinski definition) is 4. The summed E-state index contributed by atoms with van der Waals surface area (Å²) in [6.07, 6.45) is 4.75. The Bertz CT molecular complexity index is 1390. The second-order valence-electron chi connectivity index (χ2n) is 9.91. The fourth-order valence-corrected chi connectivity index (χ4v) is 5.73. The summed E-state index contributed by atoms with van der Waals surface area (Å²) >= 11 is 0. The van der Waals surface area contributed by atoms with Gasteiger partial charge in [-0.1, -0.05) is 0 Å². The molecule has 2 saturated heterocycles. The number of aromatic nitrogens is 3. The lowest BCUT2D eigenvalue weighted by Crippen LogP contribution is -2.43. The van der Waals surface area contributed by atoms with Crippen LogP contribution in [0.2, 0.25) is 0 Å². The van der Waals surface area contributed by atoms with Crippen LogP contribution in [0.3, 0.4) is 0 Å². The van der Waals surface area contributed by atoms with Crippen molar-refractivity contribution in [3.05, 3.63) is 59.7 Å². The van der Waals surface area contributed by atoms with Crippen molar-refractivity contribution in [3.63, 3.8) is 0 Å². The molecule has 0 aliphatic carbocycles. The summed E-state index contributed by atoms with van der Waals surface area (Å²) in [4.78, 5) is 11.8. The Morgan fingerprint density at radius 3 is 2.63 bits per heavy atom. The fourth-order valence-electron chi connectivity index (χ4n) is 5.73. The van der Waals surface area contributed by atoms with Gasteiger partial charge in [-0.2, -0.15) is 5.10 Å². The lowest BCUT2D eigenvalue weighted by atomic mass is 9.82. The standard InChI is InChI=1S/C27H28FN3O4/c1-27(26(32)33)9-6-17(15-35-27)24-21-13-22-18(14-29-30-22)12-23(21)31(20-4-2-19(28)3-5-20)25(24)16-7-10-34-11-8-16/h2-5,12-14,16-17H,6-11,15H2,1H3,(H,29,30)(H,32,33)/t17-,27+/m0/s1. The van der Waals surface area contributed by atoms with Gasteiger partial charge >= 0.3 is 5.97 Å². The second kappa shape index (κ2) is 8.46. The molecule has 0 amide bonds. The van der Waals surface area contributed by atoms with Crippen molar-refractivity contribution in [2.75, 3.05) is 19.8 Å². The second-order valence-corrected chi connectivity index (χ2v) is 9.91. The van der Waals surface area contributed by atoms with Gasteiger partial charge in [-0.05, 0) is 74.6 Å². The van der Waals surface area contributed by atoms with Crippen molar-refractivity contribution in [2.24, 2.45) is 0 Å². The minimum atomic E-state index is -1.17. The first-order valence-electron chi connectivity index (χ1n) is 12.2. The third kappa shape index (κ3) is 3.72. The number of nitrogens with zero attached hydrogens (tertiary/aromatic N) is 2. The molecule has 0 unspecified atom stereocenters. The largest absolute Gasteiger partial charge is 0.479 e. The van der Waals surface area contributed by atoms with Crippen molar-refractivity contribution >= 4 is 27.8 Å². The molecule has 2 fully saturated rings. The minimum absolute atomic E-state index is 0.0461. The van der Waals surface area contributed by atoms with Crippen LogP contribution >= 0.6 is 0 Å². The van der Waals surface area contributed by atoms with E-state index in [1.165, 1.54) is 23.4 Å². The maximum atomic E-state index is 13.9. The summed E-state index contributed by atoms with van der Waals surface area (Å²) in [5.41, 5.74) is 4.11. The molecule has 2 aromatic heterocycles. The number of aliphatic carboxylic acids is 1. The molecular weight excluding hydrogens is 449 g/mol. The van der Waals surface area contributed by atoms with Crippen LogP contribution in [0, 0.1) is 5.82 Å². The predicted molar refractivity (Wildman–Crippen MR) is 130 cm³/mol. The fraction of sp³-hybridized carbons (Fsp3) is 0.407. The summed E-state index contributed by atoms with van der Waals surface area (Å²) < 4.78 is 27.8. The van der Waals surface area contributed by atoms with E-state index >= 15 is 0 Å². The molecule has 6 rings (SSSR count). The van der Waals surface area contributed by atoms with Gasteiger partial charge in [-0.3, -0.25) is 5.10 Å². The highest BCUT2D eigenvalue weighted by Crippen LogP contribution is 2.46. The lowest BCUT2D eigenvalue weighted by molar-refractivity contribution is -0.170. The van der Waals surface area contributed by atoms with E-state index in [-0.39, 0.29) is 17.7 Å². The topological polar surface area (TPSA) is 89.4 Å². The van der Waals surface area contributed by atoms with Gasteiger partial charge in [-0.25, -0.2) is 9.18 Å². The van der Waals surface area contributed by atoms with Gasteiger partial charge in [0.2, 0.25) is 0 Å². The third-order valence-electron chi connectivity index (χ3n) is 7.73. The molecule has 182 valence electrons. The number of halogens is 1. The number of H-pyrrole nitrogens is 1. The first kappa shape index (κ1) is 22.2. The van der Waals surface area contributed by atoms with Crippen molar-refractivity contribution in [1.82, 2.24) is 14.8 Å². The number of hydrogen-bond donors (Lipinski definition) is 2. The summed E-state index contributed by atoms with van der Waals surface area (Å²) in [6.45, 7) is 3.37. The Balaban J connectivity index is 1.60. The first-order chi connectivity index (χ1) is 16.9. The van der Waals surface area contributed by atoms with Crippen LogP contribution in [0.5, 0.6) is 0 Å². The molecule has 2 N–H and O–H groups in total. The molecule has 2 aliphatic heterocycles. The molecule has 0 radical (unpaired) electrons. The third-order valence-corrected chi connectivity index (χ3v) is 7.73. The Labute approximate surface area is 201 Å². The van der Waals surface area contributed by atoms with Crippen LogP contribution in [0.25, 0.3) is 27.5 Å². The highest BCUT2D eigenvalue weighted by molar-refractivity contribution is 5.99. The first-order valence-corrected chi connectivity index (χ1v) is 12.2. The number of carboxylic acid groups (broad SMARTS) is 1. The van der Waals surface area contributed by atoms with Crippen LogP contribution in [0.1, 0.15) is 55.7 Å². The molecule has 2 aliphatic rings. The van der Waals surface area contributed by atoms with E-state index in [4.69, 9.17) is 9.47 Å². The van der Waals surface area contributed by atoms with Crippen molar-refractivity contribution in [3.8, 4) is 5.69 Å². The molecule has 2 aromatic carbocycles. The molecule has 0 saturated carbocycles.